The van der Waals surface area contributed by atoms with Crippen molar-refractivity contribution in [1.29, 1.82) is 0 Å². The molecule has 0 aliphatic rings. The molecule has 0 bridgehead atoms. The van der Waals surface area contributed by atoms with Crippen LogP contribution in [0.15, 0.2) is 10.4 Å². The van der Waals surface area contributed by atoms with Crippen LogP contribution in [0, 0.1) is 6.92 Å². The van der Waals surface area contributed by atoms with E-state index in [1.54, 1.807) is 18.4 Å². The Morgan fingerprint density at radius 1 is 1.29 bits per heavy atom. The van der Waals surface area contributed by atoms with E-state index in [4.69, 9.17) is 4.74 Å². The molecule has 1 heterocycles. The molecule has 1 aromatic rings. The number of rotatable bonds is 10. The topological polar surface area (TPSA) is 58.5 Å². The van der Waals surface area contributed by atoms with Gasteiger partial charge in [0.25, 0.3) is 0 Å². The predicted molar refractivity (Wildman–Crippen MR) is 90.3 cm³/mol. The normalized spacial score (nSPS) is 11.7. The Labute approximate surface area is 132 Å². The number of aromatic nitrogens is 1. The summed E-state index contributed by atoms with van der Waals surface area (Å²) in [6.07, 6.45) is 4.35. The molecule has 0 unspecified atom stereocenters. The van der Waals surface area contributed by atoms with Crippen LogP contribution in [-0.4, -0.2) is 44.3 Å². The summed E-state index contributed by atoms with van der Waals surface area (Å²) in [6.45, 7) is 7.47. The van der Waals surface area contributed by atoms with Gasteiger partial charge in [0.2, 0.25) is 0 Å². The molecule has 21 heavy (non-hydrogen) atoms. The Kier molecular flexibility index (Phi) is 9.82. The molecule has 0 aliphatic heterocycles. The lowest BCUT2D eigenvalue weighted by atomic mass is 10.2. The summed E-state index contributed by atoms with van der Waals surface area (Å²) >= 11 is 1.76. The van der Waals surface area contributed by atoms with E-state index in [1.807, 2.05) is 13.8 Å². The third-order valence-corrected chi connectivity index (χ3v) is 3.99. The van der Waals surface area contributed by atoms with Crippen LogP contribution in [0.2, 0.25) is 0 Å². The van der Waals surface area contributed by atoms with E-state index in [2.05, 4.69) is 26.0 Å². The summed E-state index contributed by atoms with van der Waals surface area (Å²) in [5.74, 6) is 0.872. The third-order valence-electron chi connectivity index (χ3n) is 2.96. The minimum absolute atomic E-state index is 0.783. The molecule has 0 atom stereocenters. The average Bonchev–Trinajstić information content (AvgIpc) is 2.90. The molecule has 0 saturated heterocycles. The first-order valence-corrected chi connectivity index (χ1v) is 8.57. The highest BCUT2D eigenvalue weighted by molar-refractivity contribution is 7.09. The van der Waals surface area contributed by atoms with Gasteiger partial charge in [-0.15, -0.1) is 11.3 Å². The van der Waals surface area contributed by atoms with Gasteiger partial charge in [-0.2, -0.15) is 0 Å². The standard InChI is InChI=1S/C15H28N4OS/c1-4-20-11-7-10-18-15(16-3)17-9-6-5-8-14-19-13(2)12-21-14/h12H,4-11H2,1-3H3,(H2,16,17,18). The highest BCUT2D eigenvalue weighted by Crippen LogP contribution is 2.11. The number of guanidine groups is 1. The zero-order valence-corrected chi connectivity index (χ0v) is 14.3. The molecule has 5 nitrogen and oxygen atoms in total. The molecule has 1 rings (SSSR count). The molecular weight excluding hydrogens is 284 g/mol. The van der Waals surface area contributed by atoms with Gasteiger partial charge in [0.05, 0.1) is 5.01 Å². The lowest BCUT2D eigenvalue weighted by Gasteiger charge is -2.11. The fourth-order valence-electron chi connectivity index (χ4n) is 1.87. The van der Waals surface area contributed by atoms with Crippen LogP contribution in [0.4, 0.5) is 0 Å². The molecule has 0 radical (unpaired) electrons. The largest absolute Gasteiger partial charge is 0.382 e. The summed E-state index contributed by atoms with van der Waals surface area (Å²) in [7, 11) is 1.80. The van der Waals surface area contributed by atoms with Crippen LogP contribution in [0.5, 0.6) is 0 Å². The number of ether oxygens (including phenoxy) is 1. The van der Waals surface area contributed by atoms with E-state index >= 15 is 0 Å². The fraction of sp³-hybridized carbons (Fsp3) is 0.733. The van der Waals surface area contributed by atoms with Crippen molar-refractivity contribution in [3.05, 3.63) is 16.1 Å². The van der Waals surface area contributed by atoms with Gasteiger partial charge in [-0.3, -0.25) is 4.99 Å². The van der Waals surface area contributed by atoms with Crippen molar-refractivity contribution >= 4 is 17.3 Å². The summed E-state index contributed by atoms with van der Waals surface area (Å²) in [6, 6.07) is 0. The van der Waals surface area contributed by atoms with Gasteiger partial charge in [0.1, 0.15) is 0 Å². The Morgan fingerprint density at radius 3 is 2.67 bits per heavy atom. The second-order valence-electron chi connectivity index (χ2n) is 4.82. The highest BCUT2D eigenvalue weighted by atomic mass is 32.1. The Balaban J connectivity index is 2.01. The van der Waals surface area contributed by atoms with E-state index < -0.39 is 0 Å². The van der Waals surface area contributed by atoms with Crippen molar-refractivity contribution in [2.24, 2.45) is 4.99 Å². The Bertz CT molecular complexity index is 406. The van der Waals surface area contributed by atoms with Crippen LogP contribution in [0.25, 0.3) is 0 Å². The van der Waals surface area contributed by atoms with Crippen LogP contribution >= 0.6 is 11.3 Å². The number of nitrogens with zero attached hydrogens (tertiary/aromatic N) is 2. The van der Waals surface area contributed by atoms with Gasteiger partial charge >= 0.3 is 0 Å². The maximum Gasteiger partial charge on any atom is 0.190 e. The zero-order valence-electron chi connectivity index (χ0n) is 13.4. The van der Waals surface area contributed by atoms with E-state index in [0.717, 1.165) is 63.6 Å². The van der Waals surface area contributed by atoms with Crippen LogP contribution in [0.1, 0.15) is 36.9 Å². The number of thiazole rings is 1. The van der Waals surface area contributed by atoms with Gasteiger partial charge in [0, 0.05) is 44.4 Å². The van der Waals surface area contributed by atoms with E-state index in [1.165, 1.54) is 5.01 Å². The van der Waals surface area contributed by atoms with Gasteiger partial charge in [-0.25, -0.2) is 4.98 Å². The van der Waals surface area contributed by atoms with E-state index in [9.17, 15) is 0 Å². The number of unbranched alkanes of at least 4 members (excludes halogenated alkanes) is 1. The maximum atomic E-state index is 5.30. The second kappa shape index (κ2) is 11.5. The predicted octanol–water partition coefficient (Wildman–Crippen LogP) is 2.37. The monoisotopic (exact) mass is 312 g/mol. The fourth-order valence-corrected chi connectivity index (χ4v) is 2.69. The first-order valence-electron chi connectivity index (χ1n) is 7.69. The minimum atomic E-state index is 0.783. The zero-order chi connectivity index (χ0) is 15.3. The molecule has 120 valence electrons. The van der Waals surface area contributed by atoms with Crippen molar-refractivity contribution in [3.63, 3.8) is 0 Å². The first kappa shape index (κ1) is 17.9. The summed E-state index contributed by atoms with van der Waals surface area (Å²) in [5.41, 5.74) is 1.13. The van der Waals surface area contributed by atoms with Gasteiger partial charge in [-0.05, 0) is 39.5 Å². The minimum Gasteiger partial charge on any atom is -0.382 e. The van der Waals surface area contributed by atoms with Crippen LogP contribution in [0.3, 0.4) is 0 Å². The molecule has 2 N–H and O–H groups in total. The molecule has 0 saturated carbocycles. The van der Waals surface area contributed by atoms with Crippen molar-refractivity contribution in [3.8, 4) is 0 Å². The van der Waals surface area contributed by atoms with Gasteiger partial charge in [-0.1, -0.05) is 0 Å². The average molecular weight is 312 g/mol. The summed E-state index contributed by atoms with van der Waals surface area (Å²) < 4.78 is 5.30. The van der Waals surface area contributed by atoms with Crippen molar-refractivity contribution in [2.75, 3.05) is 33.4 Å². The number of aryl methyl sites for hydroxylation is 2. The number of hydrogen-bond donors (Lipinski definition) is 2. The Morgan fingerprint density at radius 2 is 2.05 bits per heavy atom. The SMILES string of the molecule is CCOCCCNC(=NC)NCCCCc1nc(C)cs1. The molecule has 1 aromatic heterocycles. The van der Waals surface area contributed by atoms with Gasteiger partial charge in [0.15, 0.2) is 5.96 Å². The molecule has 6 heteroatoms. The molecular formula is C15H28N4OS. The molecule has 0 aromatic carbocycles. The smallest absolute Gasteiger partial charge is 0.190 e. The van der Waals surface area contributed by atoms with E-state index in [-0.39, 0.29) is 0 Å². The first-order chi connectivity index (χ1) is 10.3. The lowest BCUT2D eigenvalue weighted by molar-refractivity contribution is 0.145. The van der Waals surface area contributed by atoms with Crippen molar-refractivity contribution in [2.45, 2.75) is 39.5 Å². The quantitative estimate of drug-likeness (QED) is 0.396. The van der Waals surface area contributed by atoms with Crippen molar-refractivity contribution in [1.82, 2.24) is 15.6 Å². The van der Waals surface area contributed by atoms with Crippen molar-refractivity contribution < 1.29 is 4.74 Å². The number of nitrogens with one attached hydrogen (secondary N) is 2. The number of hydrogen-bond acceptors (Lipinski definition) is 4. The van der Waals surface area contributed by atoms with Crippen LogP contribution in [-0.2, 0) is 11.2 Å². The van der Waals surface area contributed by atoms with Gasteiger partial charge < -0.3 is 15.4 Å². The second-order valence-corrected chi connectivity index (χ2v) is 5.76. The third kappa shape index (κ3) is 8.67. The maximum absolute atomic E-state index is 5.30. The molecule has 0 fully saturated rings. The molecule has 0 amide bonds. The molecule has 0 aliphatic carbocycles. The summed E-state index contributed by atoms with van der Waals surface area (Å²) in [4.78, 5) is 8.68. The summed E-state index contributed by atoms with van der Waals surface area (Å²) in [5, 5.41) is 9.98. The lowest BCUT2D eigenvalue weighted by Crippen LogP contribution is -2.38. The van der Waals surface area contributed by atoms with Crippen LogP contribution < -0.4 is 10.6 Å². The molecule has 0 spiro atoms. The number of aliphatic imine (C=N–C) groups is 1. The van der Waals surface area contributed by atoms with E-state index in [0.29, 0.717) is 0 Å². The Hall–Kier alpha value is -1.14. The highest BCUT2D eigenvalue weighted by Gasteiger charge is 2.00.